The first kappa shape index (κ1) is 21.1. The highest BCUT2D eigenvalue weighted by molar-refractivity contribution is 5.96. The highest BCUT2D eigenvalue weighted by Gasteiger charge is 2.20. The van der Waals surface area contributed by atoms with E-state index >= 15 is 0 Å². The summed E-state index contributed by atoms with van der Waals surface area (Å²) in [5, 5.41) is 6.90. The number of nitrogens with one attached hydrogen (secondary N) is 1. The third-order valence-corrected chi connectivity index (χ3v) is 4.40. The molecule has 2 aromatic carbocycles. The van der Waals surface area contributed by atoms with Crippen LogP contribution in [0.3, 0.4) is 0 Å². The van der Waals surface area contributed by atoms with Crippen molar-refractivity contribution in [2.24, 2.45) is 0 Å². The van der Waals surface area contributed by atoms with Crippen molar-refractivity contribution in [3.8, 4) is 5.75 Å². The molecule has 7 heteroatoms. The van der Waals surface area contributed by atoms with E-state index in [0.717, 1.165) is 5.56 Å². The van der Waals surface area contributed by atoms with Crippen LogP contribution in [0.4, 0.5) is 5.82 Å². The van der Waals surface area contributed by atoms with E-state index in [4.69, 9.17) is 9.47 Å². The van der Waals surface area contributed by atoms with E-state index in [1.165, 1.54) is 6.92 Å². The number of ether oxygens (including phenoxy) is 2. The van der Waals surface area contributed by atoms with Gasteiger partial charge in [0.25, 0.3) is 5.91 Å². The summed E-state index contributed by atoms with van der Waals surface area (Å²) >= 11 is 0. The smallest absolute Gasteiger partial charge is 0.338 e. The lowest BCUT2D eigenvalue weighted by Gasteiger charge is -2.16. The van der Waals surface area contributed by atoms with Gasteiger partial charge in [0.15, 0.2) is 6.10 Å². The molecule has 3 rings (SSSR count). The molecule has 0 saturated carbocycles. The van der Waals surface area contributed by atoms with Gasteiger partial charge in [-0.05, 0) is 50.6 Å². The molecule has 0 bridgehead atoms. The molecule has 1 N–H and O–H groups in total. The van der Waals surface area contributed by atoms with Crippen LogP contribution >= 0.6 is 0 Å². The van der Waals surface area contributed by atoms with Crippen LogP contribution in [0.25, 0.3) is 0 Å². The minimum absolute atomic E-state index is 0.0933. The molecule has 0 aliphatic rings. The molecule has 0 aliphatic heterocycles. The SMILES string of the molecule is CC(C)n1nccc1NC(=O)[C@H](C)OC(=O)c1ccc(OCc2ccccc2)cc1. The van der Waals surface area contributed by atoms with Crippen molar-refractivity contribution in [1.29, 1.82) is 0 Å². The van der Waals surface area contributed by atoms with E-state index in [1.807, 2.05) is 44.2 Å². The number of amides is 1. The van der Waals surface area contributed by atoms with Crippen LogP contribution < -0.4 is 10.1 Å². The zero-order valence-electron chi connectivity index (χ0n) is 17.2. The van der Waals surface area contributed by atoms with Gasteiger partial charge in [-0.25, -0.2) is 9.48 Å². The number of nitrogens with zero attached hydrogens (tertiary/aromatic N) is 2. The van der Waals surface area contributed by atoms with E-state index in [-0.39, 0.29) is 6.04 Å². The third-order valence-electron chi connectivity index (χ3n) is 4.40. The van der Waals surface area contributed by atoms with Gasteiger partial charge < -0.3 is 14.8 Å². The summed E-state index contributed by atoms with van der Waals surface area (Å²) < 4.78 is 12.7. The van der Waals surface area contributed by atoms with E-state index in [2.05, 4.69) is 10.4 Å². The number of hydrogen-bond donors (Lipinski definition) is 1. The molecule has 156 valence electrons. The summed E-state index contributed by atoms with van der Waals surface area (Å²) in [4.78, 5) is 24.7. The quantitative estimate of drug-likeness (QED) is 0.565. The van der Waals surface area contributed by atoms with Crippen molar-refractivity contribution in [3.63, 3.8) is 0 Å². The average molecular weight is 407 g/mol. The lowest BCUT2D eigenvalue weighted by Crippen LogP contribution is -2.31. The fourth-order valence-corrected chi connectivity index (χ4v) is 2.76. The number of carbonyl (C=O) groups is 2. The highest BCUT2D eigenvalue weighted by Crippen LogP contribution is 2.17. The molecular formula is C23H25N3O4. The number of rotatable bonds is 8. The normalized spacial score (nSPS) is 11.7. The van der Waals surface area contributed by atoms with Crippen LogP contribution in [0.5, 0.6) is 5.75 Å². The Bertz CT molecular complexity index is 981. The molecule has 30 heavy (non-hydrogen) atoms. The Morgan fingerprint density at radius 3 is 2.37 bits per heavy atom. The maximum absolute atomic E-state index is 12.4. The molecule has 1 amide bonds. The second-order valence-corrected chi connectivity index (χ2v) is 7.09. The van der Waals surface area contributed by atoms with E-state index < -0.39 is 18.0 Å². The predicted octanol–water partition coefficient (Wildman–Crippen LogP) is 4.23. The van der Waals surface area contributed by atoms with Crippen LogP contribution in [0, 0.1) is 0 Å². The van der Waals surface area contributed by atoms with Crippen LogP contribution in [-0.4, -0.2) is 27.8 Å². The molecule has 0 saturated heterocycles. The van der Waals surface area contributed by atoms with Crippen molar-refractivity contribution < 1.29 is 19.1 Å². The second kappa shape index (κ2) is 9.73. The van der Waals surface area contributed by atoms with Crippen molar-refractivity contribution >= 4 is 17.7 Å². The Morgan fingerprint density at radius 2 is 1.70 bits per heavy atom. The van der Waals surface area contributed by atoms with Crippen molar-refractivity contribution in [3.05, 3.63) is 78.0 Å². The summed E-state index contributed by atoms with van der Waals surface area (Å²) in [5.74, 6) is 0.194. The lowest BCUT2D eigenvalue weighted by molar-refractivity contribution is -0.123. The van der Waals surface area contributed by atoms with Crippen molar-refractivity contribution in [2.75, 3.05) is 5.32 Å². The van der Waals surface area contributed by atoms with Crippen LogP contribution in [0.15, 0.2) is 66.9 Å². The lowest BCUT2D eigenvalue weighted by atomic mass is 10.2. The number of hydrogen-bond acceptors (Lipinski definition) is 5. The Morgan fingerprint density at radius 1 is 1.00 bits per heavy atom. The van der Waals surface area contributed by atoms with Crippen LogP contribution in [0.1, 0.15) is 42.7 Å². The number of esters is 1. The molecule has 0 radical (unpaired) electrons. The van der Waals surface area contributed by atoms with Gasteiger partial charge in [0, 0.05) is 12.1 Å². The van der Waals surface area contributed by atoms with Gasteiger partial charge >= 0.3 is 5.97 Å². The summed E-state index contributed by atoms with van der Waals surface area (Å²) in [7, 11) is 0. The maximum atomic E-state index is 12.4. The Labute approximate surface area is 175 Å². The molecule has 0 unspecified atom stereocenters. The Hall–Kier alpha value is -3.61. The van der Waals surface area contributed by atoms with Gasteiger partial charge in [-0.15, -0.1) is 0 Å². The summed E-state index contributed by atoms with van der Waals surface area (Å²) in [6.07, 6.45) is 0.648. The zero-order valence-corrected chi connectivity index (χ0v) is 17.2. The van der Waals surface area contributed by atoms with Gasteiger partial charge in [0.2, 0.25) is 0 Å². The molecular weight excluding hydrogens is 382 g/mol. The number of carbonyl (C=O) groups excluding carboxylic acids is 2. The number of aromatic nitrogens is 2. The Balaban J connectivity index is 1.53. The first-order valence-electron chi connectivity index (χ1n) is 9.76. The molecule has 7 nitrogen and oxygen atoms in total. The number of benzene rings is 2. The molecule has 1 heterocycles. The van der Waals surface area contributed by atoms with Gasteiger partial charge in [-0.2, -0.15) is 5.10 Å². The number of anilines is 1. The van der Waals surface area contributed by atoms with Crippen LogP contribution in [0.2, 0.25) is 0 Å². The van der Waals surface area contributed by atoms with Gasteiger partial charge in [0.05, 0.1) is 11.8 Å². The van der Waals surface area contributed by atoms with E-state index in [9.17, 15) is 9.59 Å². The maximum Gasteiger partial charge on any atom is 0.338 e. The largest absolute Gasteiger partial charge is 0.489 e. The monoisotopic (exact) mass is 407 g/mol. The van der Waals surface area contributed by atoms with Crippen molar-refractivity contribution in [1.82, 2.24) is 9.78 Å². The minimum atomic E-state index is -0.956. The first-order valence-corrected chi connectivity index (χ1v) is 9.76. The first-order chi connectivity index (χ1) is 14.4. The summed E-state index contributed by atoms with van der Waals surface area (Å²) in [5.41, 5.74) is 1.40. The predicted molar refractivity (Wildman–Crippen MR) is 113 cm³/mol. The summed E-state index contributed by atoms with van der Waals surface area (Å²) in [6.45, 7) is 5.88. The van der Waals surface area contributed by atoms with E-state index in [0.29, 0.717) is 23.7 Å². The second-order valence-electron chi connectivity index (χ2n) is 7.09. The van der Waals surface area contributed by atoms with E-state index in [1.54, 1.807) is 41.2 Å². The zero-order chi connectivity index (χ0) is 21.5. The molecule has 1 atom stereocenters. The Kier molecular flexibility index (Phi) is 6.85. The molecule has 0 aliphatic carbocycles. The molecule has 0 fully saturated rings. The minimum Gasteiger partial charge on any atom is -0.489 e. The third kappa shape index (κ3) is 5.47. The van der Waals surface area contributed by atoms with Gasteiger partial charge in [-0.3, -0.25) is 4.79 Å². The highest BCUT2D eigenvalue weighted by atomic mass is 16.5. The van der Waals surface area contributed by atoms with Crippen molar-refractivity contribution in [2.45, 2.75) is 39.5 Å². The fourth-order valence-electron chi connectivity index (χ4n) is 2.76. The molecule has 3 aromatic rings. The summed E-state index contributed by atoms with van der Waals surface area (Å²) in [6, 6.07) is 18.2. The fraction of sp³-hybridized carbons (Fsp3) is 0.261. The van der Waals surface area contributed by atoms with Gasteiger partial charge in [-0.1, -0.05) is 30.3 Å². The molecule has 0 spiro atoms. The average Bonchev–Trinajstić information content (AvgIpc) is 3.21. The molecule has 1 aromatic heterocycles. The topological polar surface area (TPSA) is 82.5 Å². The standard InChI is InChI=1S/C23H25N3O4/c1-16(2)26-21(13-14-24-26)25-22(27)17(3)30-23(28)19-9-11-20(12-10-19)29-15-18-7-5-4-6-8-18/h4-14,16-17H,15H2,1-3H3,(H,25,27)/t17-/m0/s1. The van der Waals surface area contributed by atoms with Gasteiger partial charge in [0.1, 0.15) is 18.2 Å². The van der Waals surface area contributed by atoms with Crippen LogP contribution in [-0.2, 0) is 16.1 Å².